The molecule has 0 N–H and O–H groups in total. The first-order valence-electron chi connectivity index (χ1n) is 3.81. The van der Waals surface area contributed by atoms with Gasteiger partial charge in [-0.25, -0.2) is 0 Å². The summed E-state index contributed by atoms with van der Waals surface area (Å²) in [6.07, 6.45) is 3.88. The van der Waals surface area contributed by atoms with Gasteiger partial charge in [0, 0.05) is 18.6 Å². The summed E-state index contributed by atoms with van der Waals surface area (Å²) in [6, 6.07) is 0. The quantitative estimate of drug-likeness (QED) is 0.646. The zero-order valence-electron chi connectivity index (χ0n) is 6.63. The minimum Gasteiger partial charge on any atom is -0.253 e. The Morgan fingerprint density at radius 3 is 3.00 bits per heavy atom. The number of aryl methyl sites for hydroxylation is 2. The van der Waals surface area contributed by atoms with Crippen molar-refractivity contribution in [3.8, 4) is 0 Å². The molecule has 0 fully saturated rings. The number of hydrogen-bond donors (Lipinski definition) is 0. The van der Waals surface area contributed by atoms with Crippen molar-refractivity contribution in [2.75, 3.05) is 5.88 Å². The molecule has 3 nitrogen and oxygen atoms in total. The number of aromatic nitrogens is 3. The van der Waals surface area contributed by atoms with E-state index in [0.29, 0.717) is 5.88 Å². The number of halogens is 1. The van der Waals surface area contributed by atoms with Crippen LogP contribution < -0.4 is 0 Å². The molecule has 0 aliphatic heterocycles. The zero-order valence-corrected chi connectivity index (χ0v) is 7.38. The molecule has 0 spiro atoms. The Bertz CT molecular complexity index is 209. The SMILES string of the molecule is CCn1cc(CCCCl)nn1. The fourth-order valence-electron chi connectivity index (χ4n) is 0.856. The molecular formula is C7H12ClN3. The normalized spacial score (nSPS) is 10.4. The lowest BCUT2D eigenvalue weighted by Crippen LogP contribution is -1.93. The summed E-state index contributed by atoms with van der Waals surface area (Å²) in [4.78, 5) is 0. The Morgan fingerprint density at radius 2 is 2.45 bits per heavy atom. The van der Waals surface area contributed by atoms with Gasteiger partial charge in [0.1, 0.15) is 0 Å². The molecule has 0 unspecified atom stereocenters. The van der Waals surface area contributed by atoms with Gasteiger partial charge in [0.25, 0.3) is 0 Å². The van der Waals surface area contributed by atoms with Gasteiger partial charge in [-0.2, -0.15) is 0 Å². The van der Waals surface area contributed by atoms with Crippen LogP contribution >= 0.6 is 11.6 Å². The Hall–Kier alpha value is -0.570. The summed E-state index contributed by atoms with van der Waals surface area (Å²) in [5.41, 5.74) is 1.03. The van der Waals surface area contributed by atoms with Gasteiger partial charge in [-0.15, -0.1) is 16.7 Å². The highest BCUT2D eigenvalue weighted by molar-refractivity contribution is 6.17. The molecule has 1 rings (SSSR count). The van der Waals surface area contributed by atoms with E-state index in [4.69, 9.17) is 11.6 Å². The molecule has 0 saturated carbocycles. The van der Waals surface area contributed by atoms with Gasteiger partial charge >= 0.3 is 0 Å². The summed E-state index contributed by atoms with van der Waals surface area (Å²) >= 11 is 5.54. The van der Waals surface area contributed by atoms with Gasteiger partial charge in [-0.1, -0.05) is 5.21 Å². The van der Waals surface area contributed by atoms with Crippen LogP contribution in [0.15, 0.2) is 6.20 Å². The summed E-state index contributed by atoms with van der Waals surface area (Å²) in [7, 11) is 0. The maximum absolute atomic E-state index is 5.54. The average molecular weight is 174 g/mol. The molecule has 0 radical (unpaired) electrons. The predicted octanol–water partition coefficient (Wildman–Crippen LogP) is 1.47. The first kappa shape index (κ1) is 8.53. The molecule has 62 valence electrons. The van der Waals surface area contributed by atoms with Crippen LogP contribution in [-0.2, 0) is 13.0 Å². The van der Waals surface area contributed by atoms with Crippen LogP contribution in [0.2, 0.25) is 0 Å². The van der Waals surface area contributed by atoms with Crippen molar-refractivity contribution >= 4 is 11.6 Å². The fourth-order valence-corrected chi connectivity index (χ4v) is 0.989. The fraction of sp³-hybridized carbons (Fsp3) is 0.714. The van der Waals surface area contributed by atoms with Gasteiger partial charge in [-0.05, 0) is 19.8 Å². The van der Waals surface area contributed by atoms with Crippen LogP contribution in [0.1, 0.15) is 19.0 Å². The van der Waals surface area contributed by atoms with Crippen LogP contribution in [-0.4, -0.2) is 20.9 Å². The molecule has 1 aromatic heterocycles. The molecule has 0 saturated heterocycles. The molecule has 0 aliphatic rings. The smallest absolute Gasteiger partial charge is 0.0827 e. The summed E-state index contributed by atoms with van der Waals surface area (Å²) in [5.74, 6) is 0.693. The third-order valence-electron chi connectivity index (χ3n) is 1.48. The molecule has 1 heterocycles. The third kappa shape index (κ3) is 2.50. The standard InChI is InChI=1S/C7H12ClN3/c1-2-11-6-7(9-10-11)4-3-5-8/h6H,2-5H2,1H3. The number of hydrogen-bond acceptors (Lipinski definition) is 2. The summed E-state index contributed by atoms with van der Waals surface area (Å²) < 4.78 is 1.82. The van der Waals surface area contributed by atoms with E-state index in [1.54, 1.807) is 0 Å². The van der Waals surface area contributed by atoms with Crippen LogP contribution in [0.3, 0.4) is 0 Å². The highest BCUT2D eigenvalue weighted by atomic mass is 35.5. The van der Waals surface area contributed by atoms with E-state index < -0.39 is 0 Å². The van der Waals surface area contributed by atoms with Crippen LogP contribution in [0, 0.1) is 0 Å². The topological polar surface area (TPSA) is 30.7 Å². The van der Waals surface area contributed by atoms with Crippen molar-refractivity contribution < 1.29 is 0 Å². The van der Waals surface area contributed by atoms with Crippen LogP contribution in [0.5, 0.6) is 0 Å². The van der Waals surface area contributed by atoms with Crippen molar-refractivity contribution in [1.82, 2.24) is 15.0 Å². The summed E-state index contributed by atoms with van der Waals surface area (Å²) in [5, 5.41) is 7.89. The Kier molecular flexibility index (Phi) is 3.36. The Morgan fingerprint density at radius 1 is 1.64 bits per heavy atom. The highest BCUT2D eigenvalue weighted by Crippen LogP contribution is 1.98. The first-order valence-corrected chi connectivity index (χ1v) is 4.35. The van der Waals surface area contributed by atoms with Crippen LogP contribution in [0.4, 0.5) is 0 Å². The lowest BCUT2D eigenvalue weighted by Gasteiger charge is -1.89. The third-order valence-corrected chi connectivity index (χ3v) is 1.74. The Balaban J connectivity index is 2.44. The van der Waals surface area contributed by atoms with Crippen molar-refractivity contribution in [3.05, 3.63) is 11.9 Å². The number of alkyl halides is 1. The zero-order chi connectivity index (χ0) is 8.10. The summed E-state index contributed by atoms with van der Waals surface area (Å²) in [6.45, 7) is 2.92. The minimum absolute atomic E-state index is 0.693. The van der Waals surface area contributed by atoms with Crippen molar-refractivity contribution in [2.45, 2.75) is 26.3 Å². The molecular weight excluding hydrogens is 162 g/mol. The molecule has 11 heavy (non-hydrogen) atoms. The van der Waals surface area contributed by atoms with Crippen molar-refractivity contribution in [1.29, 1.82) is 0 Å². The average Bonchev–Trinajstić information content (AvgIpc) is 2.48. The molecule has 1 aromatic rings. The van der Waals surface area contributed by atoms with Gasteiger partial charge in [0.2, 0.25) is 0 Å². The van der Waals surface area contributed by atoms with E-state index in [1.807, 2.05) is 17.8 Å². The van der Waals surface area contributed by atoms with Gasteiger partial charge in [0.05, 0.1) is 5.69 Å². The lowest BCUT2D eigenvalue weighted by atomic mass is 10.3. The first-order chi connectivity index (χ1) is 5.36. The second kappa shape index (κ2) is 4.34. The number of nitrogens with zero attached hydrogens (tertiary/aromatic N) is 3. The molecule has 0 aromatic carbocycles. The van der Waals surface area contributed by atoms with Gasteiger partial charge in [-0.3, -0.25) is 4.68 Å². The van der Waals surface area contributed by atoms with E-state index in [0.717, 1.165) is 25.1 Å². The highest BCUT2D eigenvalue weighted by Gasteiger charge is 1.97. The maximum Gasteiger partial charge on any atom is 0.0827 e. The van der Waals surface area contributed by atoms with E-state index >= 15 is 0 Å². The largest absolute Gasteiger partial charge is 0.253 e. The van der Waals surface area contributed by atoms with Crippen LogP contribution in [0.25, 0.3) is 0 Å². The minimum atomic E-state index is 0.693. The van der Waals surface area contributed by atoms with E-state index in [-0.39, 0.29) is 0 Å². The molecule has 0 aliphatic carbocycles. The van der Waals surface area contributed by atoms with Crippen molar-refractivity contribution in [2.24, 2.45) is 0 Å². The second-order valence-electron chi connectivity index (χ2n) is 2.36. The van der Waals surface area contributed by atoms with E-state index in [1.165, 1.54) is 0 Å². The molecule has 0 atom stereocenters. The maximum atomic E-state index is 5.54. The predicted molar refractivity (Wildman–Crippen MR) is 44.7 cm³/mol. The Labute approximate surface area is 71.4 Å². The van der Waals surface area contributed by atoms with E-state index in [9.17, 15) is 0 Å². The lowest BCUT2D eigenvalue weighted by molar-refractivity contribution is 0.626. The monoisotopic (exact) mass is 173 g/mol. The molecule has 0 amide bonds. The van der Waals surface area contributed by atoms with E-state index in [2.05, 4.69) is 10.3 Å². The second-order valence-corrected chi connectivity index (χ2v) is 2.74. The van der Waals surface area contributed by atoms with Gasteiger partial charge < -0.3 is 0 Å². The number of rotatable bonds is 4. The molecule has 0 bridgehead atoms. The van der Waals surface area contributed by atoms with Gasteiger partial charge in [0.15, 0.2) is 0 Å². The van der Waals surface area contributed by atoms with Crippen molar-refractivity contribution in [3.63, 3.8) is 0 Å². The molecule has 4 heteroatoms.